The van der Waals surface area contributed by atoms with Crippen LogP contribution in [0.25, 0.3) is 0 Å². The summed E-state index contributed by atoms with van der Waals surface area (Å²) >= 11 is 0. The van der Waals surface area contributed by atoms with E-state index in [1.165, 1.54) is 10.9 Å². The second kappa shape index (κ2) is 5.64. The number of hydrogen-bond acceptors (Lipinski definition) is 4. The number of Topliss-reactive ketones (excluding diaryl/α,β-unsaturated/α-hetero) is 1. The molecule has 0 atom stereocenters. The Labute approximate surface area is 116 Å². The van der Waals surface area contributed by atoms with Gasteiger partial charge in [0.1, 0.15) is 18.9 Å². The largest absolute Gasteiger partial charge is 0.307 e. The van der Waals surface area contributed by atoms with Gasteiger partial charge in [-0.3, -0.25) is 19.6 Å². The Kier molecular flexibility index (Phi) is 3.93. The first-order valence-corrected chi connectivity index (χ1v) is 6.27. The van der Waals surface area contributed by atoms with E-state index < -0.39 is 4.92 Å². The van der Waals surface area contributed by atoms with Crippen molar-refractivity contribution in [2.75, 3.05) is 0 Å². The lowest BCUT2D eigenvalue weighted by molar-refractivity contribution is -0.385. The smallest absolute Gasteiger partial charge is 0.292 e. The minimum Gasteiger partial charge on any atom is -0.292 e. The molecular weight excluding hydrogens is 258 g/mol. The molecule has 20 heavy (non-hydrogen) atoms. The Bertz CT molecular complexity index is 629. The standard InChI is InChI=1S/C14H15N3O3/c1-10(2)11-3-5-12(6-4-11)14(18)9-16-8-13(7-15-16)17(19)20/h3-8,10H,9H2,1-2H3. The molecule has 1 aromatic heterocycles. The molecule has 0 unspecified atom stereocenters. The summed E-state index contributed by atoms with van der Waals surface area (Å²) in [4.78, 5) is 22.0. The van der Waals surface area contributed by atoms with Gasteiger partial charge in [-0.05, 0) is 11.5 Å². The lowest BCUT2D eigenvalue weighted by Crippen LogP contribution is -2.10. The van der Waals surface area contributed by atoms with Crippen molar-refractivity contribution in [3.05, 3.63) is 57.9 Å². The molecule has 1 heterocycles. The first-order chi connectivity index (χ1) is 9.47. The summed E-state index contributed by atoms with van der Waals surface area (Å²) in [6.07, 6.45) is 2.38. The minimum absolute atomic E-state index is 0.00509. The third-order valence-corrected chi connectivity index (χ3v) is 3.04. The summed E-state index contributed by atoms with van der Waals surface area (Å²) in [5, 5.41) is 14.3. The predicted octanol–water partition coefficient (Wildman–Crippen LogP) is 2.80. The van der Waals surface area contributed by atoms with E-state index in [9.17, 15) is 14.9 Å². The quantitative estimate of drug-likeness (QED) is 0.476. The van der Waals surface area contributed by atoms with Gasteiger partial charge < -0.3 is 0 Å². The first-order valence-electron chi connectivity index (χ1n) is 6.27. The molecule has 104 valence electrons. The summed E-state index contributed by atoms with van der Waals surface area (Å²) in [5.41, 5.74) is 1.62. The van der Waals surface area contributed by atoms with Crippen molar-refractivity contribution in [2.24, 2.45) is 0 Å². The Morgan fingerprint density at radius 3 is 2.50 bits per heavy atom. The van der Waals surface area contributed by atoms with Crippen LogP contribution >= 0.6 is 0 Å². The summed E-state index contributed by atoms with van der Waals surface area (Å²) in [6.45, 7) is 4.16. The molecule has 0 radical (unpaired) electrons. The fourth-order valence-corrected chi connectivity index (χ4v) is 1.83. The van der Waals surface area contributed by atoms with E-state index in [-0.39, 0.29) is 18.0 Å². The maximum Gasteiger partial charge on any atom is 0.307 e. The second-order valence-corrected chi connectivity index (χ2v) is 4.85. The van der Waals surface area contributed by atoms with Gasteiger partial charge in [-0.1, -0.05) is 38.1 Å². The molecular formula is C14H15N3O3. The zero-order valence-corrected chi connectivity index (χ0v) is 11.3. The lowest BCUT2D eigenvalue weighted by Gasteiger charge is -2.06. The number of nitrogens with zero attached hydrogens (tertiary/aromatic N) is 3. The molecule has 0 amide bonds. The molecule has 0 fully saturated rings. The number of benzene rings is 1. The highest BCUT2D eigenvalue weighted by molar-refractivity contribution is 5.95. The Hall–Kier alpha value is -2.50. The van der Waals surface area contributed by atoms with Crippen LogP contribution in [0.4, 0.5) is 5.69 Å². The first kappa shape index (κ1) is 13.9. The molecule has 0 saturated carbocycles. The van der Waals surface area contributed by atoms with Crippen LogP contribution in [0.1, 0.15) is 35.7 Å². The van der Waals surface area contributed by atoms with Crippen molar-refractivity contribution in [1.82, 2.24) is 9.78 Å². The highest BCUT2D eigenvalue weighted by atomic mass is 16.6. The number of nitro groups is 1. The number of carbonyl (C=O) groups is 1. The number of hydrogen-bond donors (Lipinski definition) is 0. The summed E-state index contributed by atoms with van der Waals surface area (Å²) in [5.74, 6) is 0.284. The van der Waals surface area contributed by atoms with Crippen molar-refractivity contribution in [3.63, 3.8) is 0 Å². The summed E-state index contributed by atoms with van der Waals surface area (Å²) < 4.78 is 1.27. The summed E-state index contributed by atoms with van der Waals surface area (Å²) in [6, 6.07) is 7.39. The highest BCUT2D eigenvalue weighted by Gasteiger charge is 2.12. The molecule has 2 aromatic rings. The van der Waals surface area contributed by atoms with E-state index in [4.69, 9.17) is 0 Å². The molecule has 0 N–H and O–H groups in total. The molecule has 0 spiro atoms. The van der Waals surface area contributed by atoms with Crippen molar-refractivity contribution in [2.45, 2.75) is 26.3 Å². The summed E-state index contributed by atoms with van der Waals surface area (Å²) in [7, 11) is 0. The van der Waals surface area contributed by atoms with Gasteiger partial charge in [0, 0.05) is 5.56 Å². The molecule has 6 nitrogen and oxygen atoms in total. The lowest BCUT2D eigenvalue weighted by atomic mass is 10.0. The van der Waals surface area contributed by atoms with Crippen molar-refractivity contribution in [1.29, 1.82) is 0 Å². The Morgan fingerprint density at radius 2 is 2.00 bits per heavy atom. The van der Waals surface area contributed by atoms with Gasteiger partial charge in [0.25, 0.3) is 0 Å². The van der Waals surface area contributed by atoms with E-state index in [0.29, 0.717) is 11.5 Å². The van der Waals surface area contributed by atoms with Crippen LogP contribution in [0.5, 0.6) is 0 Å². The molecule has 0 aliphatic carbocycles. The van der Waals surface area contributed by atoms with Crippen molar-refractivity contribution < 1.29 is 9.72 Å². The monoisotopic (exact) mass is 273 g/mol. The Balaban J connectivity index is 2.09. The SMILES string of the molecule is CC(C)c1ccc(C(=O)Cn2cc([N+](=O)[O-])cn2)cc1. The predicted molar refractivity (Wildman–Crippen MR) is 73.7 cm³/mol. The van der Waals surface area contributed by atoms with Gasteiger partial charge in [0.2, 0.25) is 0 Å². The Morgan fingerprint density at radius 1 is 1.35 bits per heavy atom. The fourth-order valence-electron chi connectivity index (χ4n) is 1.83. The topological polar surface area (TPSA) is 78.0 Å². The molecule has 1 aromatic carbocycles. The maximum atomic E-state index is 12.0. The molecule has 0 saturated heterocycles. The maximum absolute atomic E-state index is 12.0. The van der Waals surface area contributed by atoms with Gasteiger partial charge in [-0.2, -0.15) is 5.10 Å². The molecule has 0 bridgehead atoms. The van der Waals surface area contributed by atoms with Gasteiger partial charge in [0.05, 0.1) is 4.92 Å². The van der Waals surface area contributed by atoms with E-state index in [1.807, 2.05) is 12.1 Å². The number of rotatable bonds is 5. The van der Waals surface area contributed by atoms with Crippen LogP contribution in [0.3, 0.4) is 0 Å². The fraction of sp³-hybridized carbons (Fsp3) is 0.286. The molecule has 0 aliphatic rings. The highest BCUT2D eigenvalue weighted by Crippen LogP contribution is 2.15. The van der Waals surface area contributed by atoms with Crippen LogP contribution in [-0.2, 0) is 6.54 Å². The van der Waals surface area contributed by atoms with E-state index >= 15 is 0 Å². The van der Waals surface area contributed by atoms with E-state index in [1.54, 1.807) is 12.1 Å². The van der Waals surface area contributed by atoms with E-state index in [0.717, 1.165) is 11.8 Å². The van der Waals surface area contributed by atoms with Gasteiger partial charge >= 0.3 is 5.69 Å². The van der Waals surface area contributed by atoms with Crippen LogP contribution in [0, 0.1) is 10.1 Å². The molecule has 0 aliphatic heterocycles. The average Bonchev–Trinajstić information content (AvgIpc) is 2.87. The minimum atomic E-state index is -0.536. The average molecular weight is 273 g/mol. The van der Waals surface area contributed by atoms with Gasteiger partial charge in [-0.25, -0.2) is 0 Å². The van der Waals surface area contributed by atoms with Crippen LogP contribution in [0.2, 0.25) is 0 Å². The van der Waals surface area contributed by atoms with Crippen LogP contribution < -0.4 is 0 Å². The zero-order valence-electron chi connectivity index (χ0n) is 11.3. The second-order valence-electron chi connectivity index (χ2n) is 4.85. The third kappa shape index (κ3) is 3.09. The zero-order chi connectivity index (χ0) is 14.7. The van der Waals surface area contributed by atoms with Crippen molar-refractivity contribution in [3.8, 4) is 0 Å². The molecule has 6 heteroatoms. The van der Waals surface area contributed by atoms with Crippen LogP contribution in [0.15, 0.2) is 36.7 Å². The molecule has 2 rings (SSSR count). The number of carbonyl (C=O) groups excluding carboxylic acids is 1. The van der Waals surface area contributed by atoms with Gasteiger partial charge in [-0.15, -0.1) is 0 Å². The van der Waals surface area contributed by atoms with E-state index in [2.05, 4.69) is 18.9 Å². The normalized spacial score (nSPS) is 10.8. The third-order valence-electron chi connectivity index (χ3n) is 3.04. The van der Waals surface area contributed by atoms with Crippen molar-refractivity contribution >= 4 is 11.5 Å². The van der Waals surface area contributed by atoms with Gasteiger partial charge in [0.15, 0.2) is 5.78 Å². The number of ketones is 1. The number of aromatic nitrogens is 2. The van der Waals surface area contributed by atoms with Crippen LogP contribution in [-0.4, -0.2) is 20.5 Å².